The Morgan fingerprint density at radius 3 is 2.10 bits per heavy atom. The van der Waals surface area contributed by atoms with E-state index < -0.39 is 36.2 Å². The molecule has 0 radical (unpaired) electrons. The number of aliphatic hydroxyl groups is 2. The molecule has 2 fully saturated rings. The number of allylic oxidation sites excluding steroid dienone is 1. The average molecular weight is 1010 g/mol. The Morgan fingerprint density at radius 1 is 0.833 bits per heavy atom. The molecule has 7 atom stereocenters. The SMILES string of the molecule is C=CCO[C@@]12Oc3ccc(OC(=O)NCCCCCCCCCCCC)cc3[C@H]3[C@H](CCCCO)[C@@H](CCCCO)C=C(C(=NOC4CCCCO4)C[C@@H]1N(C)C(=O)OCCCCCCCCCCCC)[C@H]32. The third kappa shape index (κ3) is 18.3. The number of carbonyl (C=O) groups is 2. The number of hydrogen-bond donors (Lipinski definition) is 3. The second-order valence-electron chi connectivity index (χ2n) is 21.1. The van der Waals surface area contributed by atoms with Gasteiger partial charge in [-0.15, -0.1) is 6.58 Å². The molecule has 13 nitrogen and oxygen atoms in total. The van der Waals surface area contributed by atoms with E-state index in [1.54, 1.807) is 24.1 Å². The number of carbonyl (C=O) groups excluding carboxylic acids is 2. The van der Waals surface area contributed by atoms with Gasteiger partial charge in [-0.05, 0) is 87.0 Å². The van der Waals surface area contributed by atoms with Gasteiger partial charge in [-0.2, -0.15) is 0 Å². The van der Waals surface area contributed by atoms with Gasteiger partial charge in [0.05, 0.1) is 31.5 Å². The number of benzene rings is 1. The Labute approximate surface area is 434 Å². The summed E-state index contributed by atoms with van der Waals surface area (Å²) < 4.78 is 32.4. The van der Waals surface area contributed by atoms with Crippen LogP contribution in [0.3, 0.4) is 0 Å². The first kappa shape index (κ1) is 59.2. The smallest absolute Gasteiger partial charge is 0.412 e. The second-order valence-corrected chi connectivity index (χ2v) is 21.1. The highest BCUT2D eigenvalue weighted by molar-refractivity contribution is 6.03. The standard InChI is InChI=1S/C59H97N3O10/c1-5-8-10-12-14-16-18-20-22-27-37-60-57(65)70-47-35-36-52-50(44-47)55-48(33-25-29-39-64)46(32-24-28-38-63)43-49-51(61-72-54-34-26-31-41-67-54)45-53(59(71-52,56(49)55)69-40-7-3)62(4)58(66)68-42-30-23-21-19-17-15-13-11-9-6-2/h7,35-36,43-44,46,48,53-56,63-64H,3,5-6,8-34,37-42,45H2,1-2,4H3,(H,60,65)/t46-,48+,53-,54?,55+,56+,59+/m0/s1. The Hall–Kier alpha value is -3.65. The molecule has 0 bridgehead atoms. The van der Waals surface area contributed by atoms with Crippen molar-refractivity contribution in [3.63, 3.8) is 0 Å². The van der Waals surface area contributed by atoms with E-state index in [0.717, 1.165) is 94.6 Å². The van der Waals surface area contributed by atoms with E-state index >= 15 is 0 Å². The third-order valence-corrected chi connectivity index (χ3v) is 15.6. The summed E-state index contributed by atoms with van der Waals surface area (Å²) in [6.07, 6.45) is 34.1. The summed E-state index contributed by atoms with van der Waals surface area (Å²) in [6.45, 7) is 10.3. The van der Waals surface area contributed by atoms with Crippen LogP contribution in [0.15, 0.2) is 47.7 Å². The van der Waals surface area contributed by atoms with Crippen LogP contribution in [0.25, 0.3) is 0 Å². The van der Waals surface area contributed by atoms with Crippen LogP contribution < -0.4 is 14.8 Å². The summed E-state index contributed by atoms with van der Waals surface area (Å²) in [7, 11) is 1.76. The fourth-order valence-corrected chi connectivity index (χ4v) is 11.6. The maximum Gasteiger partial charge on any atom is 0.412 e. The molecule has 1 unspecified atom stereocenters. The topological polar surface area (TPSA) is 158 Å². The lowest BCUT2D eigenvalue weighted by Gasteiger charge is -2.59. The van der Waals surface area contributed by atoms with E-state index in [9.17, 15) is 19.8 Å². The molecule has 13 heteroatoms. The highest BCUT2D eigenvalue weighted by Gasteiger charge is 2.65. The molecule has 1 aromatic rings. The van der Waals surface area contributed by atoms with Crippen LogP contribution in [-0.4, -0.2) is 97.8 Å². The zero-order valence-electron chi connectivity index (χ0n) is 45.1. The molecule has 1 aromatic carbocycles. The van der Waals surface area contributed by atoms with Crippen molar-refractivity contribution in [3.05, 3.63) is 48.1 Å². The van der Waals surface area contributed by atoms with Crippen molar-refractivity contribution in [1.29, 1.82) is 0 Å². The molecular formula is C59H97N3O10. The molecule has 1 saturated carbocycles. The summed E-state index contributed by atoms with van der Waals surface area (Å²) in [5.74, 6) is -1.09. The molecule has 408 valence electrons. The van der Waals surface area contributed by atoms with E-state index in [0.29, 0.717) is 49.8 Å². The molecule has 2 heterocycles. The Balaban J connectivity index is 1.44. The van der Waals surface area contributed by atoms with Gasteiger partial charge in [0.2, 0.25) is 12.1 Å². The lowest BCUT2D eigenvalue weighted by atomic mass is 9.55. The van der Waals surface area contributed by atoms with Crippen molar-refractivity contribution in [2.45, 2.75) is 231 Å². The minimum Gasteiger partial charge on any atom is -0.459 e. The number of hydrogen-bond acceptors (Lipinski definition) is 11. The number of ether oxygens (including phenoxy) is 5. The Bertz CT molecular complexity index is 1770. The molecule has 0 aromatic heterocycles. The molecule has 3 N–H and O–H groups in total. The monoisotopic (exact) mass is 1010 g/mol. The van der Waals surface area contributed by atoms with Crippen molar-refractivity contribution >= 4 is 17.9 Å². The van der Waals surface area contributed by atoms with Crippen LogP contribution >= 0.6 is 0 Å². The fourth-order valence-electron chi connectivity index (χ4n) is 11.6. The summed E-state index contributed by atoms with van der Waals surface area (Å²) >= 11 is 0. The van der Waals surface area contributed by atoms with Crippen molar-refractivity contribution in [2.75, 3.05) is 46.6 Å². The van der Waals surface area contributed by atoms with Gasteiger partial charge in [0.15, 0.2) is 0 Å². The number of amides is 2. The Kier molecular flexibility index (Phi) is 28.0. The maximum atomic E-state index is 14.3. The summed E-state index contributed by atoms with van der Waals surface area (Å²) in [4.78, 5) is 35.6. The number of nitrogens with one attached hydrogen (secondary N) is 1. The number of oxime groups is 1. The third-order valence-electron chi connectivity index (χ3n) is 15.6. The predicted molar refractivity (Wildman–Crippen MR) is 286 cm³/mol. The van der Waals surface area contributed by atoms with E-state index in [-0.39, 0.29) is 44.0 Å². The largest absolute Gasteiger partial charge is 0.459 e. The van der Waals surface area contributed by atoms with Crippen LogP contribution in [-0.2, 0) is 19.0 Å². The van der Waals surface area contributed by atoms with Crippen molar-refractivity contribution in [1.82, 2.24) is 10.2 Å². The molecule has 2 amide bonds. The normalized spacial score (nSPS) is 23.8. The number of likely N-dealkylation sites (N-methyl/N-ethyl adjacent to an activating group) is 1. The van der Waals surface area contributed by atoms with E-state index in [1.807, 2.05) is 12.1 Å². The van der Waals surface area contributed by atoms with E-state index in [4.69, 9.17) is 33.7 Å². The van der Waals surface area contributed by atoms with Gasteiger partial charge >= 0.3 is 12.2 Å². The van der Waals surface area contributed by atoms with Crippen LogP contribution in [0.1, 0.15) is 218 Å². The van der Waals surface area contributed by atoms with Gasteiger partial charge in [-0.1, -0.05) is 160 Å². The number of rotatable bonds is 37. The minimum atomic E-state index is -1.41. The molecular weight excluding hydrogens is 911 g/mol. The maximum absolute atomic E-state index is 14.3. The molecule has 4 aliphatic rings. The van der Waals surface area contributed by atoms with Crippen LogP contribution in [0.5, 0.6) is 11.5 Å². The van der Waals surface area contributed by atoms with Crippen molar-refractivity contribution in [2.24, 2.45) is 22.9 Å². The molecule has 2 aliphatic carbocycles. The number of unbranched alkanes of at least 4 members (excludes halogenated alkanes) is 20. The zero-order chi connectivity index (χ0) is 51.2. The predicted octanol–water partition coefficient (Wildman–Crippen LogP) is 13.8. The molecule has 2 aliphatic heterocycles. The van der Waals surface area contributed by atoms with Gasteiger partial charge in [0, 0.05) is 51.1 Å². The number of fused-ring (bicyclic) bond motifs is 2. The summed E-state index contributed by atoms with van der Waals surface area (Å²) in [5.41, 5.74) is 2.51. The first-order valence-corrected chi connectivity index (χ1v) is 29.0. The van der Waals surface area contributed by atoms with Gasteiger partial charge < -0.3 is 49.0 Å². The highest BCUT2D eigenvalue weighted by atomic mass is 16.8. The van der Waals surface area contributed by atoms with Gasteiger partial charge in [0.1, 0.15) is 17.5 Å². The van der Waals surface area contributed by atoms with Crippen LogP contribution in [0.4, 0.5) is 9.59 Å². The van der Waals surface area contributed by atoms with Gasteiger partial charge in [-0.25, -0.2) is 9.59 Å². The lowest BCUT2D eigenvalue weighted by Crippen LogP contribution is -2.69. The van der Waals surface area contributed by atoms with Gasteiger partial charge in [0.25, 0.3) is 0 Å². The minimum absolute atomic E-state index is 0.0231. The van der Waals surface area contributed by atoms with Crippen LogP contribution in [0.2, 0.25) is 0 Å². The van der Waals surface area contributed by atoms with E-state index in [2.05, 4.69) is 31.8 Å². The van der Waals surface area contributed by atoms with E-state index in [1.165, 1.54) is 89.9 Å². The lowest BCUT2D eigenvalue weighted by molar-refractivity contribution is -0.254. The quantitative estimate of drug-likeness (QED) is 0.0333. The first-order valence-electron chi connectivity index (χ1n) is 29.0. The first-order chi connectivity index (χ1) is 35.3. The van der Waals surface area contributed by atoms with Crippen molar-refractivity contribution in [3.8, 4) is 11.5 Å². The average Bonchev–Trinajstić information content (AvgIpc) is 3.39. The van der Waals surface area contributed by atoms with Crippen molar-refractivity contribution < 1.29 is 48.3 Å². The number of aliphatic hydroxyl groups excluding tert-OH is 2. The fraction of sp³-hybridized carbons (Fsp3) is 0.780. The second kappa shape index (κ2) is 34.0. The molecule has 1 saturated heterocycles. The van der Waals surface area contributed by atoms with Gasteiger partial charge in [-0.3, -0.25) is 0 Å². The highest BCUT2D eigenvalue weighted by Crippen LogP contribution is 2.62. The zero-order valence-corrected chi connectivity index (χ0v) is 45.1. The molecule has 5 rings (SSSR count). The summed E-state index contributed by atoms with van der Waals surface area (Å²) in [6, 6.07) is 4.88. The number of nitrogens with zero attached hydrogens (tertiary/aromatic N) is 2. The Morgan fingerprint density at radius 2 is 1.47 bits per heavy atom. The molecule has 72 heavy (non-hydrogen) atoms. The summed E-state index contributed by atoms with van der Waals surface area (Å²) in [5, 5.41) is 27.9. The molecule has 0 spiro atoms. The van der Waals surface area contributed by atoms with Crippen LogP contribution in [0, 0.1) is 17.8 Å².